The predicted molar refractivity (Wildman–Crippen MR) is 80.2 cm³/mol. The number of hydrogen-bond donors (Lipinski definition) is 1. The van der Waals surface area contributed by atoms with Crippen LogP contribution in [-0.4, -0.2) is 42.8 Å². The maximum absolute atomic E-state index is 6.16. The summed E-state index contributed by atoms with van der Waals surface area (Å²) >= 11 is 0. The van der Waals surface area contributed by atoms with Crippen molar-refractivity contribution in [2.75, 3.05) is 26.2 Å². The van der Waals surface area contributed by atoms with E-state index in [4.69, 9.17) is 10.5 Å². The van der Waals surface area contributed by atoms with Gasteiger partial charge in [-0.1, -0.05) is 19.8 Å². The number of ether oxygens (including phenoxy) is 1. The van der Waals surface area contributed by atoms with Gasteiger partial charge in [-0.15, -0.1) is 0 Å². The number of morpholine rings is 1. The van der Waals surface area contributed by atoms with Gasteiger partial charge in [0.05, 0.1) is 11.7 Å². The van der Waals surface area contributed by atoms with E-state index in [1.54, 1.807) is 0 Å². The molecule has 2 N–H and O–H groups in total. The lowest BCUT2D eigenvalue weighted by Crippen LogP contribution is -2.56. The zero-order valence-electron chi connectivity index (χ0n) is 13.2. The second kappa shape index (κ2) is 5.71. The molecule has 3 atom stereocenters. The van der Waals surface area contributed by atoms with E-state index in [2.05, 4.69) is 32.6 Å². The van der Waals surface area contributed by atoms with E-state index in [9.17, 15) is 0 Å². The van der Waals surface area contributed by atoms with E-state index >= 15 is 0 Å². The van der Waals surface area contributed by atoms with Crippen molar-refractivity contribution in [2.45, 2.75) is 65.1 Å². The van der Waals surface area contributed by atoms with Gasteiger partial charge in [-0.3, -0.25) is 4.90 Å². The molecule has 0 amide bonds. The van der Waals surface area contributed by atoms with Gasteiger partial charge in [0.25, 0.3) is 0 Å². The topological polar surface area (TPSA) is 38.5 Å². The molecule has 0 aromatic rings. The maximum atomic E-state index is 6.16. The molecule has 1 heterocycles. The van der Waals surface area contributed by atoms with Crippen molar-refractivity contribution in [3.8, 4) is 0 Å². The van der Waals surface area contributed by atoms with E-state index in [0.717, 1.165) is 32.1 Å². The van der Waals surface area contributed by atoms with Gasteiger partial charge in [0, 0.05) is 19.6 Å². The first-order chi connectivity index (χ1) is 8.84. The van der Waals surface area contributed by atoms with Crippen LogP contribution >= 0.6 is 0 Å². The standard InChI is InChI=1S/C16H32N2O/c1-13-6-5-7-16(8-13,10-17)12-18-9-14(2)19-15(3,4)11-18/h13-14H,5-12,17H2,1-4H3. The molecule has 0 spiro atoms. The minimum Gasteiger partial charge on any atom is -0.370 e. The summed E-state index contributed by atoms with van der Waals surface area (Å²) in [5.74, 6) is 0.837. The van der Waals surface area contributed by atoms with Crippen molar-refractivity contribution >= 4 is 0 Å². The summed E-state index contributed by atoms with van der Waals surface area (Å²) in [4.78, 5) is 2.60. The van der Waals surface area contributed by atoms with Crippen LogP contribution in [0.25, 0.3) is 0 Å². The van der Waals surface area contributed by atoms with Crippen LogP contribution in [0.2, 0.25) is 0 Å². The smallest absolute Gasteiger partial charge is 0.0757 e. The third-order valence-corrected chi connectivity index (χ3v) is 4.82. The number of hydrogen-bond acceptors (Lipinski definition) is 3. The van der Waals surface area contributed by atoms with E-state index in [1.165, 1.54) is 25.7 Å². The van der Waals surface area contributed by atoms with Gasteiger partial charge in [-0.25, -0.2) is 0 Å². The number of rotatable bonds is 3. The Hall–Kier alpha value is -0.120. The molecule has 19 heavy (non-hydrogen) atoms. The summed E-state index contributed by atoms with van der Waals surface area (Å²) in [7, 11) is 0. The molecule has 3 nitrogen and oxygen atoms in total. The van der Waals surface area contributed by atoms with Crippen molar-refractivity contribution in [1.82, 2.24) is 4.90 Å². The Morgan fingerprint density at radius 1 is 1.32 bits per heavy atom. The Kier molecular flexibility index (Phi) is 4.59. The van der Waals surface area contributed by atoms with Gasteiger partial charge in [-0.2, -0.15) is 0 Å². The Morgan fingerprint density at radius 2 is 2.05 bits per heavy atom. The van der Waals surface area contributed by atoms with E-state index in [-0.39, 0.29) is 5.60 Å². The molecule has 1 saturated carbocycles. The quantitative estimate of drug-likeness (QED) is 0.855. The summed E-state index contributed by atoms with van der Waals surface area (Å²) in [6.45, 7) is 13.1. The zero-order chi connectivity index (χ0) is 14.1. The molecule has 2 fully saturated rings. The molecule has 2 aliphatic rings. The first kappa shape index (κ1) is 15.3. The Morgan fingerprint density at radius 3 is 2.63 bits per heavy atom. The van der Waals surface area contributed by atoms with Crippen LogP contribution in [0.4, 0.5) is 0 Å². The number of nitrogens with zero attached hydrogens (tertiary/aromatic N) is 1. The fourth-order valence-electron chi connectivity index (χ4n) is 4.34. The molecule has 112 valence electrons. The van der Waals surface area contributed by atoms with Crippen LogP contribution in [-0.2, 0) is 4.74 Å². The highest BCUT2D eigenvalue weighted by Gasteiger charge is 2.39. The fraction of sp³-hybridized carbons (Fsp3) is 1.00. The molecular formula is C16H32N2O. The van der Waals surface area contributed by atoms with E-state index in [0.29, 0.717) is 11.5 Å². The van der Waals surface area contributed by atoms with Gasteiger partial charge < -0.3 is 10.5 Å². The van der Waals surface area contributed by atoms with Crippen molar-refractivity contribution in [2.24, 2.45) is 17.1 Å². The molecule has 1 saturated heterocycles. The van der Waals surface area contributed by atoms with Crippen molar-refractivity contribution < 1.29 is 4.74 Å². The summed E-state index contributed by atoms with van der Waals surface area (Å²) < 4.78 is 6.01. The molecule has 1 aliphatic carbocycles. The van der Waals surface area contributed by atoms with E-state index < -0.39 is 0 Å². The lowest BCUT2D eigenvalue weighted by atomic mass is 9.69. The van der Waals surface area contributed by atoms with Crippen LogP contribution in [0.1, 0.15) is 53.4 Å². The van der Waals surface area contributed by atoms with E-state index in [1.807, 2.05) is 0 Å². The molecule has 0 radical (unpaired) electrons. The maximum Gasteiger partial charge on any atom is 0.0757 e. The minimum atomic E-state index is -0.0201. The molecular weight excluding hydrogens is 236 g/mol. The average Bonchev–Trinajstić information content (AvgIpc) is 2.25. The van der Waals surface area contributed by atoms with Gasteiger partial charge in [0.2, 0.25) is 0 Å². The molecule has 3 heteroatoms. The molecule has 0 aromatic heterocycles. The lowest BCUT2D eigenvalue weighted by Gasteiger charge is -2.48. The summed E-state index contributed by atoms with van der Waals surface area (Å²) in [6.07, 6.45) is 5.67. The second-order valence-corrected chi connectivity index (χ2v) is 7.76. The summed E-state index contributed by atoms with van der Waals surface area (Å²) in [5.41, 5.74) is 6.49. The molecule has 0 aromatic carbocycles. The number of nitrogens with two attached hydrogens (primary N) is 1. The molecule has 3 unspecified atom stereocenters. The van der Waals surface area contributed by atoms with Gasteiger partial charge in [-0.05, 0) is 51.5 Å². The van der Waals surface area contributed by atoms with Gasteiger partial charge >= 0.3 is 0 Å². The van der Waals surface area contributed by atoms with Crippen LogP contribution < -0.4 is 5.73 Å². The van der Waals surface area contributed by atoms with Gasteiger partial charge in [0.15, 0.2) is 0 Å². The summed E-state index contributed by atoms with van der Waals surface area (Å²) in [6, 6.07) is 0. The third kappa shape index (κ3) is 3.93. The predicted octanol–water partition coefficient (Wildman–Crippen LogP) is 2.64. The first-order valence-electron chi connectivity index (χ1n) is 7.94. The minimum absolute atomic E-state index is 0.0201. The Balaban J connectivity index is 2.01. The zero-order valence-corrected chi connectivity index (χ0v) is 13.2. The van der Waals surface area contributed by atoms with Crippen molar-refractivity contribution in [3.05, 3.63) is 0 Å². The first-order valence-corrected chi connectivity index (χ1v) is 7.94. The lowest BCUT2D eigenvalue weighted by molar-refractivity contribution is -0.136. The van der Waals surface area contributed by atoms with Crippen LogP contribution in [0.3, 0.4) is 0 Å². The fourth-order valence-corrected chi connectivity index (χ4v) is 4.34. The highest BCUT2D eigenvalue weighted by Crippen LogP contribution is 2.40. The monoisotopic (exact) mass is 268 g/mol. The SMILES string of the molecule is CC1CCCC(CN)(CN2CC(C)OC(C)(C)C2)C1. The van der Waals surface area contributed by atoms with Crippen LogP contribution in [0.15, 0.2) is 0 Å². The summed E-state index contributed by atoms with van der Waals surface area (Å²) in [5, 5.41) is 0. The Labute approximate surface area is 118 Å². The van der Waals surface area contributed by atoms with Crippen LogP contribution in [0.5, 0.6) is 0 Å². The van der Waals surface area contributed by atoms with Gasteiger partial charge in [0.1, 0.15) is 0 Å². The highest BCUT2D eigenvalue weighted by molar-refractivity contribution is 4.92. The largest absolute Gasteiger partial charge is 0.370 e. The normalized spacial score (nSPS) is 40.3. The van der Waals surface area contributed by atoms with Crippen molar-refractivity contribution in [1.29, 1.82) is 0 Å². The highest BCUT2D eigenvalue weighted by atomic mass is 16.5. The molecule has 2 rings (SSSR count). The Bertz CT molecular complexity index is 305. The average molecular weight is 268 g/mol. The second-order valence-electron chi connectivity index (χ2n) is 7.76. The molecule has 1 aliphatic heterocycles. The van der Waals surface area contributed by atoms with Crippen molar-refractivity contribution in [3.63, 3.8) is 0 Å². The third-order valence-electron chi connectivity index (χ3n) is 4.82. The molecule has 0 bridgehead atoms. The van der Waals surface area contributed by atoms with Crippen LogP contribution in [0, 0.1) is 11.3 Å².